The van der Waals surface area contributed by atoms with Crippen molar-refractivity contribution in [2.75, 3.05) is 13.1 Å². The summed E-state index contributed by atoms with van der Waals surface area (Å²) in [4.78, 5) is 15.5. The number of hydrogen-bond acceptors (Lipinski definition) is 3. The van der Waals surface area contributed by atoms with Crippen molar-refractivity contribution in [3.63, 3.8) is 0 Å². The van der Waals surface area contributed by atoms with Crippen molar-refractivity contribution in [3.8, 4) is 0 Å². The molecule has 1 unspecified atom stereocenters. The van der Waals surface area contributed by atoms with E-state index in [1.807, 2.05) is 41.8 Å². The predicted octanol–water partition coefficient (Wildman–Crippen LogP) is 3.07. The standard InChI is InChI=1S/C15H15ClN2OS/c16-12-5-3-11(4-6-12)10-18-8-7-17-15(19)14(18)13-2-1-9-20-13/h1-6,9,14H,7-8,10H2,(H,17,19). The number of carbonyl (C=O) groups is 1. The molecule has 1 aliphatic heterocycles. The summed E-state index contributed by atoms with van der Waals surface area (Å²) >= 11 is 7.54. The minimum absolute atomic E-state index is 0.0904. The van der Waals surface area contributed by atoms with Crippen LogP contribution in [0.5, 0.6) is 0 Å². The van der Waals surface area contributed by atoms with Crippen LogP contribution in [0.15, 0.2) is 41.8 Å². The zero-order valence-corrected chi connectivity index (χ0v) is 12.5. The first-order valence-electron chi connectivity index (χ1n) is 6.53. The van der Waals surface area contributed by atoms with E-state index in [9.17, 15) is 4.79 Å². The van der Waals surface area contributed by atoms with Gasteiger partial charge in [0.05, 0.1) is 0 Å². The Bertz CT molecular complexity index is 582. The SMILES string of the molecule is O=C1NCCN(Cc2ccc(Cl)cc2)C1c1cccs1. The summed E-state index contributed by atoms with van der Waals surface area (Å²) < 4.78 is 0. The van der Waals surface area contributed by atoms with Crippen LogP contribution >= 0.6 is 22.9 Å². The monoisotopic (exact) mass is 306 g/mol. The Morgan fingerprint density at radius 3 is 2.80 bits per heavy atom. The molecule has 1 fully saturated rings. The van der Waals surface area contributed by atoms with Crippen LogP contribution in [-0.4, -0.2) is 23.9 Å². The van der Waals surface area contributed by atoms with Gasteiger partial charge in [0, 0.05) is 29.5 Å². The van der Waals surface area contributed by atoms with Gasteiger partial charge in [0.2, 0.25) is 5.91 Å². The minimum atomic E-state index is -0.181. The van der Waals surface area contributed by atoms with Gasteiger partial charge in [-0.3, -0.25) is 9.69 Å². The van der Waals surface area contributed by atoms with Crippen molar-refractivity contribution < 1.29 is 4.79 Å². The molecule has 0 bridgehead atoms. The lowest BCUT2D eigenvalue weighted by Crippen LogP contribution is -2.49. The molecule has 3 nitrogen and oxygen atoms in total. The van der Waals surface area contributed by atoms with Gasteiger partial charge in [0.25, 0.3) is 0 Å². The summed E-state index contributed by atoms with van der Waals surface area (Å²) in [5.74, 6) is 0.0904. The van der Waals surface area contributed by atoms with Crippen molar-refractivity contribution in [2.24, 2.45) is 0 Å². The Labute approximate surface area is 127 Å². The average molecular weight is 307 g/mol. The summed E-state index contributed by atoms with van der Waals surface area (Å²) in [7, 11) is 0. The van der Waals surface area contributed by atoms with E-state index in [0.29, 0.717) is 6.54 Å². The smallest absolute Gasteiger partial charge is 0.242 e. The molecule has 5 heteroatoms. The summed E-state index contributed by atoms with van der Waals surface area (Å²) in [6, 6.07) is 11.6. The molecule has 1 amide bonds. The van der Waals surface area contributed by atoms with Gasteiger partial charge in [0.15, 0.2) is 0 Å². The topological polar surface area (TPSA) is 32.3 Å². The van der Waals surface area contributed by atoms with Crippen LogP contribution in [0.2, 0.25) is 5.02 Å². The van der Waals surface area contributed by atoms with Gasteiger partial charge in [-0.2, -0.15) is 0 Å². The van der Waals surface area contributed by atoms with Crippen LogP contribution in [0.3, 0.4) is 0 Å². The quantitative estimate of drug-likeness (QED) is 0.945. The predicted molar refractivity (Wildman–Crippen MR) is 81.9 cm³/mol. The fraction of sp³-hybridized carbons (Fsp3) is 0.267. The normalized spacial score (nSPS) is 19.9. The van der Waals surface area contributed by atoms with Crippen molar-refractivity contribution in [1.29, 1.82) is 0 Å². The van der Waals surface area contributed by atoms with Crippen LogP contribution in [0, 0.1) is 0 Å². The van der Waals surface area contributed by atoms with E-state index >= 15 is 0 Å². The highest BCUT2D eigenvalue weighted by Gasteiger charge is 2.31. The molecule has 2 aromatic rings. The molecule has 2 heterocycles. The van der Waals surface area contributed by atoms with Crippen molar-refractivity contribution in [1.82, 2.24) is 10.2 Å². The molecule has 1 saturated heterocycles. The van der Waals surface area contributed by atoms with Crippen molar-refractivity contribution in [2.45, 2.75) is 12.6 Å². The summed E-state index contributed by atoms with van der Waals surface area (Å²) in [5.41, 5.74) is 1.17. The molecule has 0 radical (unpaired) electrons. The van der Waals surface area contributed by atoms with Crippen LogP contribution < -0.4 is 5.32 Å². The fourth-order valence-electron chi connectivity index (χ4n) is 2.46. The molecule has 1 aliphatic rings. The minimum Gasteiger partial charge on any atom is -0.353 e. The lowest BCUT2D eigenvalue weighted by Gasteiger charge is -2.34. The van der Waals surface area contributed by atoms with E-state index in [1.165, 1.54) is 5.56 Å². The number of nitrogens with one attached hydrogen (secondary N) is 1. The van der Waals surface area contributed by atoms with E-state index in [4.69, 9.17) is 11.6 Å². The molecular formula is C15H15ClN2OS. The Balaban J connectivity index is 1.82. The number of carbonyl (C=O) groups excluding carboxylic acids is 1. The van der Waals surface area contributed by atoms with E-state index < -0.39 is 0 Å². The number of thiophene rings is 1. The third-order valence-corrected chi connectivity index (χ3v) is 4.60. The van der Waals surface area contributed by atoms with Crippen LogP contribution in [0.1, 0.15) is 16.5 Å². The first-order valence-corrected chi connectivity index (χ1v) is 7.79. The van der Waals surface area contributed by atoms with Gasteiger partial charge >= 0.3 is 0 Å². The third-order valence-electron chi connectivity index (χ3n) is 3.42. The van der Waals surface area contributed by atoms with Gasteiger partial charge in [0.1, 0.15) is 6.04 Å². The number of nitrogens with zero attached hydrogens (tertiary/aromatic N) is 1. The second kappa shape index (κ2) is 5.95. The molecule has 20 heavy (non-hydrogen) atoms. The molecule has 0 saturated carbocycles. The van der Waals surface area contributed by atoms with Crippen molar-refractivity contribution in [3.05, 3.63) is 57.2 Å². The fourth-order valence-corrected chi connectivity index (χ4v) is 3.45. The first-order chi connectivity index (χ1) is 9.74. The molecule has 1 atom stereocenters. The lowest BCUT2D eigenvalue weighted by molar-refractivity contribution is -0.129. The van der Waals surface area contributed by atoms with Crippen LogP contribution in [0.4, 0.5) is 0 Å². The number of piperazine rings is 1. The molecule has 0 spiro atoms. The Morgan fingerprint density at radius 2 is 2.10 bits per heavy atom. The molecular weight excluding hydrogens is 292 g/mol. The Kier molecular flexibility index (Phi) is 4.05. The Morgan fingerprint density at radius 1 is 1.30 bits per heavy atom. The molecule has 3 rings (SSSR count). The highest BCUT2D eigenvalue weighted by Crippen LogP contribution is 2.28. The number of hydrogen-bond donors (Lipinski definition) is 1. The molecule has 104 valence electrons. The van der Waals surface area contributed by atoms with E-state index in [2.05, 4.69) is 10.2 Å². The van der Waals surface area contributed by atoms with E-state index in [1.54, 1.807) is 11.3 Å². The second-order valence-electron chi connectivity index (χ2n) is 4.81. The number of halogens is 1. The van der Waals surface area contributed by atoms with Gasteiger partial charge in [-0.25, -0.2) is 0 Å². The van der Waals surface area contributed by atoms with Gasteiger partial charge in [-0.1, -0.05) is 29.8 Å². The molecule has 1 aromatic heterocycles. The maximum Gasteiger partial charge on any atom is 0.242 e. The zero-order chi connectivity index (χ0) is 13.9. The van der Waals surface area contributed by atoms with E-state index in [0.717, 1.165) is 23.0 Å². The van der Waals surface area contributed by atoms with Gasteiger partial charge in [-0.05, 0) is 29.1 Å². The number of benzene rings is 1. The van der Waals surface area contributed by atoms with Crippen LogP contribution in [0.25, 0.3) is 0 Å². The van der Waals surface area contributed by atoms with Gasteiger partial charge < -0.3 is 5.32 Å². The summed E-state index contributed by atoms with van der Waals surface area (Å²) in [6.07, 6.45) is 0. The Hall–Kier alpha value is -1.36. The first kappa shape index (κ1) is 13.6. The third kappa shape index (κ3) is 2.87. The molecule has 1 aromatic carbocycles. The largest absolute Gasteiger partial charge is 0.353 e. The number of rotatable bonds is 3. The summed E-state index contributed by atoms with van der Waals surface area (Å²) in [6.45, 7) is 2.32. The van der Waals surface area contributed by atoms with E-state index in [-0.39, 0.29) is 11.9 Å². The lowest BCUT2D eigenvalue weighted by atomic mass is 10.1. The second-order valence-corrected chi connectivity index (χ2v) is 6.22. The highest BCUT2D eigenvalue weighted by molar-refractivity contribution is 7.10. The van der Waals surface area contributed by atoms with Crippen LogP contribution in [-0.2, 0) is 11.3 Å². The van der Waals surface area contributed by atoms with Crippen molar-refractivity contribution >= 4 is 28.8 Å². The number of amides is 1. The maximum absolute atomic E-state index is 12.2. The summed E-state index contributed by atoms with van der Waals surface area (Å²) in [5, 5.41) is 5.70. The molecule has 0 aliphatic carbocycles. The highest BCUT2D eigenvalue weighted by atomic mass is 35.5. The van der Waals surface area contributed by atoms with Gasteiger partial charge in [-0.15, -0.1) is 11.3 Å². The zero-order valence-electron chi connectivity index (χ0n) is 10.9. The molecule has 1 N–H and O–H groups in total. The maximum atomic E-state index is 12.2. The average Bonchev–Trinajstić information content (AvgIpc) is 2.95.